The number of esters is 1. The van der Waals surface area contributed by atoms with E-state index in [9.17, 15) is 4.79 Å². The second-order valence-electron chi connectivity index (χ2n) is 4.07. The largest absolute Gasteiger partial charge is 0.462 e. The van der Waals surface area contributed by atoms with Crippen molar-refractivity contribution in [3.05, 3.63) is 0 Å². The van der Waals surface area contributed by atoms with E-state index in [0.717, 1.165) is 12.8 Å². The van der Waals surface area contributed by atoms with Crippen molar-refractivity contribution in [1.82, 2.24) is 0 Å². The minimum atomic E-state index is -0.142. The molecule has 3 heteroatoms. The maximum atomic E-state index is 11.0. The van der Waals surface area contributed by atoms with Crippen LogP contribution in [0.15, 0.2) is 0 Å². The molecule has 1 unspecified atom stereocenters. The average Bonchev–Trinajstić information content (AvgIpc) is 2.02. The first-order valence-electron chi connectivity index (χ1n) is 4.87. The highest BCUT2D eigenvalue weighted by molar-refractivity contribution is 5.69. The van der Waals surface area contributed by atoms with Crippen molar-refractivity contribution in [3.63, 3.8) is 0 Å². The molecule has 0 saturated carbocycles. The van der Waals surface area contributed by atoms with Crippen LogP contribution in [0.25, 0.3) is 0 Å². The summed E-state index contributed by atoms with van der Waals surface area (Å²) in [6.07, 6.45) is 2.14. The Kier molecular flexibility index (Phi) is 3.31. The minimum Gasteiger partial charge on any atom is -0.462 e. The van der Waals surface area contributed by atoms with Crippen LogP contribution in [0.4, 0.5) is 0 Å². The molecule has 0 aromatic rings. The summed E-state index contributed by atoms with van der Waals surface area (Å²) in [5, 5.41) is 0. The van der Waals surface area contributed by atoms with Gasteiger partial charge in [0.25, 0.3) is 0 Å². The molecule has 0 aromatic carbocycles. The third-order valence-corrected chi connectivity index (χ3v) is 2.24. The fourth-order valence-corrected chi connectivity index (χ4v) is 1.55. The van der Waals surface area contributed by atoms with Crippen molar-refractivity contribution >= 4 is 5.97 Å². The summed E-state index contributed by atoms with van der Waals surface area (Å²) in [5.41, 5.74) is -0.142. The summed E-state index contributed by atoms with van der Waals surface area (Å²) in [6.45, 7) is 6.55. The molecule has 13 heavy (non-hydrogen) atoms. The van der Waals surface area contributed by atoms with Gasteiger partial charge in [0.2, 0.25) is 0 Å². The summed E-state index contributed by atoms with van der Waals surface area (Å²) in [6, 6.07) is 0. The quantitative estimate of drug-likeness (QED) is 0.618. The van der Waals surface area contributed by atoms with E-state index in [4.69, 9.17) is 9.47 Å². The fraction of sp³-hybridized carbons (Fsp3) is 0.900. The Bertz CT molecular complexity index is 187. The van der Waals surface area contributed by atoms with Gasteiger partial charge in [0.15, 0.2) is 0 Å². The van der Waals surface area contributed by atoms with Gasteiger partial charge in [0.05, 0.1) is 12.2 Å². The molecular formula is C10H18O3. The van der Waals surface area contributed by atoms with Gasteiger partial charge in [-0.3, -0.25) is 4.79 Å². The molecule has 1 fully saturated rings. The summed E-state index contributed by atoms with van der Waals surface area (Å²) < 4.78 is 10.8. The Hall–Kier alpha value is -0.570. The monoisotopic (exact) mass is 186 g/mol. The zero-order chi connectivity index (χ0) is 9.90. The third kappa shape index (κ3) is 3.35. The van der Waals surface area contributed by atoms with E-state index in [1.807, 2.05) is 20.8 Å². The number of carbonyl (C=O) groups is 1. The van der Waals surface area contributed by atoms with E-state index in [1.54, 1.807) is 0 Å². The zero-order valence-corrected chi connectivity index (χ0v) is 8.63. The van der Waals surface area contributed by atoms with Crippen LogP contribution in [0.2, 0.25) is 0 Å². The van der Waals surface area contributed by atoms with Gasteiger partial charge in [-0.1, -0.05) is 6.92 Å². The van der Waals surface area contributed by atoms with E-state index >= 15 is 0 Å². The highest BCUT2D eigenvalue weighted by Gasteiger charge is 2.30. The Morgan fingerprint density at radius 1 is 1.62 bits per heavy atom. The molecule has 76 valence electrons. The van der Waals surface area contributed by atoms with Crippen molar-refractivity contribution in [2.24, 2.45) is 0 Å². The predicted molar refractivity (Wildman–Crippen MR) is 49.4 cm³/mol. The van der Waals surface area contributed by atoms with Crippen molar-refractivity contribution in [2.75, 3.05) is 6.61 Å². The number of rotatable bonds is 2. The first-order chi connectivity index (χ1) is 6.03. The van der Waals surface area contributed by atoms with Crippen LogP contribution in [0.1, 0.15) is 40.0 Å². The molecule has 1 atom stereocenters. The smallest absolute Gasteiger partial charge is 0.305 e. The number of hydrogen-bond acceptors (Lipinski definition) is 3. The van der Waals surface area contributed by atoms with Crippen LogP contribution >= 0.6 is 0 Å². The van der Waals surface area contributed by atoms with Crippen molar-refractivity contribution in [2.45, 2.75) is 51.7 Å². The lowest BCUT2D eigenvalue weighted by atomic mass is 9.96. The molecule has 1 aliphatic rings. The molecule has 0 aromatic heterocycles. The highest BCUT2D eigenvalue weighted by atomic mass is 16.6. The molecule has 1 heterocycles. The first kappa shape index (κ1) is 10.5. The molecule has 0 aliphatic carbocycles. The van der Waals surface area contributed by atoms with Crippen LogP contribution < -0.4 is 0 Å². The minimum absolute atomic E-state index is 0.0520. The van der Waals surface area contributed by atoms with Gasteiger partial charge in [-0.05, 0) is 13.8 Å². The molecule has 0 spiro atoms. The molecule has 1 aliphatic heterocycles. The number of carbonyl (C=O) groups excluding carboxylic acids is 1. The molecule has 0 bridgehead atoms. The Balaban J connectivity index is 2.39. The number of ether oxygens (including phenoxy) is 2. The molecule has 3 nitrogen and oxygen atoms in total. The van der Waals surface area contributed by atoms with E-state index in [-0.39, 0.29) is 17.7 Å². The van der Waals surface area contributed by atoms with Gasteiger partial charge in [-0.2, -0.15) is 0 Å². The highest BCUT2D eigenvalue weighted by Crippen LogP contribution is 2.25. The SMILES string of the molecule is CCC(=O)OC1CCOC(C)(C)C1. The first-order valence-corrected chi connectivity index (χ1v) is 4.87. The standard InChI is InChI=1S/C10H18O3/c1-4-9(11)13-8-5-6-12-10(2,3)7-8/h8H,4-7H2,1-3H3. The Morgan fingerprint density at radius 3 is 2.85 bits per heavy atom. The van der Waals surface area contributed by atoms with Gasteiger partial charge >= 0.3 is 5.97 Å². The van der Waals surface area contributed by atoms with Gasteiger partial charge < -0.3 is 9.47 Å². The van der Waals surface area contributed by atoms with Gasteiger partial charge in [0.1, 0.15) is 6.10 Å². The summed E-state index contributed by atoms with van der Waals surface area (Å²) in [5.74, 6) is -0.109. The van der Waals surface area contributed by atoms with E-state index in [1.165, 1.54) is 0 Å². The summed E-state index contributed by atoms with van der Waals surface area (Å²) >= 11 is 0. The van der Waals surface area contributed by atoms with Gasteiger partial charge in [-0.25, -0.2) is 0 Å². The lowest BCUT2D eigenvalue weighted by Crippen LogP contribution is -2.38. The maximum absolute atomic E-state index is 11.0. The molecular weight excluding hydrogens is 168 g/mol. The van der Waals surface area contributed by atoms with Crippen LogP contribution in [-0.4, -0.2) is 24.3 Å². The van der Waals surface area contributed by atoms with Crippen LogP contribution in [-0.2, 0) is 14.3 Å². The van der Waals surface area contributed by atoms with E-state index < -0.39 is 0 Å². The molecule has 1 saturated heterocycles. The zero-order valence-electron chi connectivity index (χ0n) is 8.63. The second kappa shape index (κ2) is 4.09. The number of hydrogen-bond donors (Lipinski definition) is 0. The summed E-state index contributed by atoms with van der Waals surface area (Å²) in [7, 11) is 0. The lowest BCUT2D eigenvalue weighted by Gasteiger charge is -2.34. The van der Waals surface area contributed by atoms with E-state index in [0.29, 0.717) is 13.0 Å². The third-order valence-electron chi connectivity index (χ3n) is 2.24. The lowest BCUT2D eigenvalue weighted by molar-refractivity contribution is -0.161. The maximum Gasteiger partial charge on any atom is 0.305 e. The summed E-state index contributed by atoms with van der Waals surface area (Å²) in [4.78, 5) is 11.0. The normalized spacial score (nSPS) is 26.8. The van der Waals surface area contributed by atoms with Crippen molar-refractivity contribution < 1.29 is 14.3 Å². The molecule has 0 N–H and O–H groups in total. The molecule has 1 rings (SSSR count). The van der Waals surface area contributed by atoms with Crippen molar-refractivity contribution in [1.29, 1.82) is 0 Å². The fourth-order valence-electron chi connectivity index (χ4n) is 1.55. The molecule has 0 amide bonds. The van der Waals surface area contributed by atoms with Crippen LogP contribution in [0.5, 0.6) is 0 Å². The predicted octanol–water partition coefficient (Wildman–Crippen LogP) is 1.90. The van der Waals surface area contributed by atoms with Gasteiger partial charge in [-0.15, -0.1) is 0 Å². The average molecular weight is 186 g/mol. The topological polar surface area (TPSA) is 35.5 Å². The van der Waals surface area contributed by atoms with E-state index in [2.05, 4.69) is 0 Å². The van der Waals surface area contributed by atoms with Crippen LogP contribution in [0.3, 0.4) is 0 Å². The van der Waals surface area contributed by atoms with Crippen LogP contribution in [0, 0.1) is 0 Å². The Morgan fingerprint density at radius 2 is 2.31 bits per heavy atom. The van der Waals surface area contributed by atoms with Crippen molar-refractivity contribution in [3.8, 4) is 0 Å². The second-order valence-corrected chi connectivity index (χ2v) is 4.07. The Labute approximate surface area is 79.4 Å². The van der Waals surface area contributed by atoms with Gasteiger partial charge in [0, 0.05) is 19.3 Å². The molecule has 0 radical (unpaired) electrons.